The first-order valence-electron chi connectivity index (χ1n) is 10.6. The number of rotatable bonds is 8. The molecule has 7 nitrogen and oxygen atoms in total. The summed E-state index contributed by atoms with van der Waals surface area (Å²) in [7, 11) is -3.21. The van der Waals surface area contributed by atoms with Crippen molar-refractivity contribution in [2.75, 3.05) is 24.2 Å². The third kappa shape index (κ3) is 5.86. The minimum atomic E-state index is -3.21. The summed E-state index contributed by atoms with van der Waals surface area (Å²) in [5.41, 5.74) is 3.04. The van der Waals surface area contributed by atoms with Gasteiger partial charge in [-0.25, -0.2) is 17.7 Å². The van der Waals surface area contributed by atoms with Gasteiger partial charge in [0.05, 0.1) is 23.8 Å². The van der Waals surface area contributed by atoms with E-state index in [1.54, 1.807) is 29.1 Å². The van der Waals surface area contributed by atoms with Gasteiger partial charge in [-0.1, -0.05) is 30.3 Å². The number of nitrogens with one attached hydrogen (secondary N) is 1. The average Bonchev–Trinajstić information content (AvgIpc) is 2.81. The summed E-state index contributed by atoms with van der Waals surface area (Å²) in [6.45, 7) is 1.11. The molecule has 0 bridgehead atoms. The van der Waals surface area contributed by atoms with Gasteiger partial charge in [-0.3, -0.25) is 9.97 Å². The normalized spacial score (nSPS) is 15.6. The fourth-order valence-electron chi connectivity index (χ4n) is 3.89. The van der Waals surface area contributed by atoms with E-state index >= 15 is 0 Å². The van der Waals surface area contributed by atoms with Crippen LogP contribution in [0.3, 0.4) is 0 Å². The number of nitrogens with zero attached hydrogens (tertiary/aromatic N) is 4. The fraction of sp³-hybridized carbons (Fsp3) is 0.348. The standard InChI is InChI=1S/C23H27N5O2S/c29-31(30,16-4-7-19-5-2-1-3-6-19)28-14-10-20(11-15-28)22-9-8-21(17-26-22)27-23-18-24-12-13-25-23/h1-3,5-6,8-9,12-13,17-18,20H,4,7,10-11,14-16H2,(H,25,27). The number of anilines is 2. The molecule has 162 valence electrons. The molecule has 0 amide bonds. The lowest BCUT2D eigenvalue weighted by molar-refractivity contribution is 0.316. The number of benzene rings is 1. The molecule has 0 aliphatic carbocycles. The summed E-state index contributed by atoms with van der Waals surface area (Å²) < 4.78 is 27.1. The molecular formula is C23H27N5O2S. The maximum absolute atomic E-state index is 12.7. The lowest BCUT2D eigenvalue weighted by atomic mass is 9.94. The Morgan fingerprint density at radius 2 is 1.77 bits per heavy atom. The highest BCUT2D eigenvalue weighted by atomic mass is 32.2. The SMILES string of the molecule is O=S(=O)(CCCc1ccccc1)N1CCC(c2ccc(Nc3cnccn3)cn2)CC1. The first-order valence-corrected chi connectivity index (χ1v) is 12.2. The van der Waals surface area contributed by atoms with Crippen molar-refractivity contribution in [1.29, 1.82) is 0 Å². The first-order chi connectivity index (χ1) is 15.1. The Kier molecular flexibility index (Phi) is 6.89. The molecule has 1 aliphatic rings. The van der Waals surface area contributed by atoms with E-state index in [0.29, 0.717) is 25.3 Å². The smallest absolute Gasteiger partial charge is 0.214 e. The molecule has 1 fully saturated rings. The van der Waals surface area contributed by atoms with Crippen LogP contribution < -0.4 is 5.32 Å². The van der Waals surface area contributed by atoms with Crippen LogP contribution >= 0.6 is 0 Å². The van der Waals surface area contributed by atoms with Crippen molar-refractivity contribution in [1.82, 2.24) is 19.3 Å². The minimum Gasteiger partial charge on any atom is -0.338 e. The van der Waals surface area contributed by atoms with Crippen LogP contribution in [0.2, 0.25) is 0 Å². The predicted molar refractivity (Wildman–Crippen MR) is 122 cm³/mol. The van der Waals surface area contributed by atoms with Crippen LogP contribution in [0.25, 0.3) is 0 Å². The number of hydrogen-bond donors (Lipinski definition) is 1. The first kappa shape index (κ1) is 21.4. The molecule has 3 aromatic rings. The van der Waals surface area contributed by atoms with E-state index in [1.165, 1.54) is 5.56 Å². The maximum atomic E-state index is 12.7. The third-order valence-corrected chi connectivity index (χ3v) is 7.55. The van der Waals surface area contributed by atoms with E-state index < -0.39 is 10.0 Å². The zero-order valence-corrected chi connectivity index (χ0v) is 18.2. The van der Waals surface area contributed by atoms with Crippen LogP contribution in [0.1, 0.15) is 36.4 Å². The Balaban J connectivity index is 1.26. The van der Waals surface area contributed by atoms with Crippen molar-refractivity contribution in [3.05, 3.63) is 78.5 Å². The predicted octanol–water partition coefficient (Wildman–Crippen LogP) is 3.76. The molecule has 0 atom stereocenters. The van der Waals surface area contributed by atoms with E-state index in [4.69, 9.17) is 0 Å². The number of piperidine rings is 1. The molecule has 0 radical (unpaired) electrons. The molecule has 2 aromatic heterocycles. The van der Waals surface area contributed by atoms with Gasteiger partial charge < -0.3 is 5.32 Å². The lowest BCUT2D eigenvalue weighted by Gasteiger charge is -2.31. The van der Waals surface area contributed by atoms with Crippen LogP contribution in [0.5, 0.6) is 0 Å². The lowest BCUT2D eigenvalue weighted by Crippen LogP contribution is -2.39. The highest BCUT2D eigenvalue weighted by Crippen LogP contribution is 2.29. The van der Waals surface area contributed by atoms with Crippen LogP contribution in [-0.2, 0) is 16.4 Å². The van der Waals surface area contributed by atoms with Crippen molar-refractivity contribution < 1.29 is 8.42 Å². The van der Waals surface area contributed by atoms with Crippen molar-refractivity contribution >= 4 is 21.5 Å². The molecule has 4 rings (SSSR count). The summed E-state index contributed by atoms with van der Waals surface area (Å²) in [6, 6.07) is 14.0. The largest absolute Gasteiger partial charge is 0.338 e. The number of pyridine rings is 1. The summed E-state index contributed by atoms with van der Waals surface area (Å²) >= 11 is 0. The zero-order chi connectivity index (χ0) is 21.5. The highest BCUT2D eigenvalue weighted by Gasteiger charge is 2.28. The van der Waals surface area contributed by atoms with Crippen LogP contribution in [0.4, 0.5) is 11.5 Å². The van der Waals surface area contributed by atoms with Crippen molar-refractivity contribution in [2.45, 2.75) is 31.6 Å². The number of sulfonamides is 1. The number of hydrogen-bond acceptors (Lipinski definition) is 6. The zero-order valence-electron chi connectivity index (χ0n) is 17.4. The molecule has 1 aliphatic heterocycles. The molecule has 8 heteroatoms. The van der Waals surface area contributed by atoms with Crippen molar-refractivity contribution in [3.63, 3.8) is 0 Å². The Morgan fingerprint density at radius 1 is 0.968 bits per heavy atom. The molecule has 1 aromatic carbocycles. The molecule has 1 N–H and O–H groups in total. The average molecular weight is 438 g/mol. The Bertz CT molecular complexity index is 1050. The third-order valence-electron chi connectivity index (χ3n) is 5.60. The molecule has 3 heterocycles. The molecule has 1 saturated heterocycles. The summed E-state index contributed by atoms with van der Waals surface area (Å²) in [5, 5.41) is 3.17. The molecular weight excluding hydrogens is 410 g/mol. The molecule has 0 spiro atoms. The van der Waals surface area contributed by atoms with Gasteiger partial charge in [-0.15, -0.1) is 0 Å². The van der Waals surface area contributed by atoms with Gasteiger partial charge in [0.1, 0.15) is 5.82 Å². The molecule has 31 heavy (non-hydrogen) atoms. The van der Waals surface area contributed by atoms with Crippen molar-refractivity contribution in [3.8, 4) is 0 Å². The van der Waals surface area contributed by atoms with Gasteiger partial charge in [0.2, 0.25) is 10.0 Å². The van der Waals surface area contributed by atoms with Crippen LogP contribution in [0, 0.1) is 0 Å². The van der Waals surface area contributed by atoms with E-state index in [1.807, 2.05) is 42.5 Å². The van der Waals surface area contributed by atoms with E-state index in [2.05, 4.69) is 20.3 Å². The van der Waals surface area contributed by atoms with Gasteiger partial charge in [0, 0.05) is 37.1 Å². The van der Waals surface area contributed by atoms with Gasteiger partial charge >= 0.3 is 0 Å². The van der Waals surface area contributed by atoms with Gasteiger partial charge in [0.25, 0.3) is 0 Å². The Morgan fingerprint density at radius 3 is 2.45 bits per heavy atom. The monoisotopic (exact) mass is 437 g/mol. The number of aryl methyl sites for hydroxylation is 1. The fourth-order valence-corrected chi connectivity index (χ4v) is 5.43. The van der Waals surface area contributed by atoms with E-state index in [9.17, 15) is 8.42 Å². The summed E-state index contributed by atoms with van der Waals surface area (Å²) in [5.74, 6) is 1.15. The van der Waals surface area contributed by atoms with Crippen LogP contribution in [0.15, 0.2) is 67.3 Å². The second-order valence-electron chi connectivity index (χ2n) is 7.77. The number of aromatic nitrogens is 3. The quantitative estimate of drug-likeness (QED) is 0.577. The molecule has 0 saturated carbocycles. The van der Waals surface area contributed by atoms with Crippen LogP contribution in [-0.4, -0.2) is 46.5 Å². The topological polar surface area (TPSA) is 88.1 Å². The Labute approximate surface area is 183 Å². The van der Waals surface area contributed by atoms with E-state index in [-0.39, 0.29) is 11.7 Å². The minimum absolute atomic E-state index is 0.202. The molecule has 0 unspecified atom stereocenters. The van der Waals surface area contributed by atoms with Gasteiger partial charge in [-0.05, 0) is 43.4 Å². The maximum Gasteiger partial charge on any atom is 0.214 e. The second-order valence-corrected chi connectivity index (χ2v) is 9.85. The summed E-state index contributed by atoms with van der Waals surface area (Å²) in [6.07, 6.45) is 9.73. The Hall–Kier alpha value is -2.84. The second kappa shape index (κ2) is 9.98. The van der Waals surface area contributed by atoms with Crippen molar-refractivity contribution in [2.24, 2.45) is 0 Å². The van der Waals surface area contributed by atoms with E-state index in [0.717, 1.165) is 30.6 Å². The highest BCUT2D eigenvalue weighted by molar-refractivity contribution is 7.89. The van der Waals surface area contributed by atoms with Gasteiger partial charge in [-0.2, -0.15) is 0 Å². The summed E-state index contributed by atoms with van der Waals surface area (Å²) in [4.78, 5) is 12.8. The van der Waals surface area contributed by atoms with Gasteiger partial charge in [0.15, 0.2) is 0 Å².